The third-order valence-electron chi connectivity index (χ3n) is 2.62. The van der Waals surface area contributed by atoms with Crippen molar-refractivity contribution in [3.8, 4) is 0 Å². The molecule has 0 saturated heterocycles. The fourth-order valence-corrected chi connectivity index (χ4v) is 1.62. The number of aryl methyl sites for hydroxylation is 2. The SMILES string of the molecule is Cc1cc(CC(C)C(=O)O)cc(C)c1N. The van der Waals surface area contributed by atoms with Crippen molar-refractivity contribution >= 4 is 11.7 Å². The van der Waals surface area contributed by atoms with E-state index in [4.69, 9.17) is 10.8 Å². The lowest BCUT2D eigenvalue weighted by Gasteiger charge is -2.10. The van der Waals surface area contributed by atoms with Gasteiger partial charge in [-0.1, -0.05) is 19.1 Å². The molecule has 3 heteroatoms. The molecule has 0 aliphatic rings. The average molecular weight is 207 g/mol. The van der Waals surface area contributed by atoms with Crippen molar-refractivity contribution in [2.45, 2.75) is 27.2 Å². The van der Waals surface area contributed by atoms with Crippen LogP contribution >= 0.6 is 0 Å². The van der Waals surface area contributed by atoms with E-state index >= 15 is 0 Å². The highest BCUT2D eigenvalue weighted by atomic mass is 16.4. The Hall–Kier alpha value is -1.51. The Morgan fingerprint density at radius 1 is 1.40 bits per heavy atom. The Balaban J connectivity index is 2.92. The third kappa shape index (κ3) is 2.72. The van der Waals surface area contributed by atoms with Gasteiger partial charge in [0, 0.05) is 5.69 Å². The topological polar surface area (TPSA) is 63.3 Å². The van der Waals surface area contributed by atoms with Crippen LogP contribution in [0.4, 0.5) is 5.69 Å². The first-order chi connectivity index (χ1) is 6.91. The van der Waals surface area contributed by atoms with Crippen molar-refractivity contribution in [2.24, 2.45) is 5.92 Å². The standard InChI is InChI=1S/C12H17NO2/c1-7-4-10(5-8(2)11(7)13)6-9(3)12(14)15/h4-5,9H,6,13H2,1-3H3,(H,14,15). The summed E-state index contributed by atoms with van der Waals surface area (Å²) >= 11 is 0. The quantitative estimate of drug-likeness (QED) is 0.746. The number of carbonyl (C=O) groups is 1. The van der Waals surface area contributed by atoms with Crippen molar-refractivity contribution in [3.05, 3.63) is 28.8 Å². The first kappa shape index (κ1) is 11.6. The van der Waals surface area contributed by atoms with Gasteiger partial charge in [0.05, 0.1) is 5.92 Å². The van der Waals surface area contributed by atoms with E-state index < -0.39 is 5.97 Å². The minimum atomic E-state index is -0.762. The van der Waals surface area contributed by atoms with Gasteiger partial charge in [-0.15, -0.1) is 0 Å². The van der Waals surface area contributed by atoms with Crippen LogP contribution in [0.2, 0.25) is 0 Å². The van der Waals surface area contributed by atoms with E-state index in [0.29, 0.717) is 6.42 Å². The number of nitrogen functional groups attached to an aromatic ring is 1. The first-order valence-corrected chi connectivity index (χ1v) is 5.00. The van der Waals surface area contributed by atoms with Crippen LogP contribution in [-0.2, 0) is 11.2 Å². The van der Waals surface area contributed by atoms with Crippen LogP contribution in [-0.4, -0.2) is 11.1 Å². The zero-order valence-corrected chi connectivity index (χ0v) is 9.37. The summed E-state index contributed by atoms with van der Waals surface area (Å²) in [5.74, 6) is -1.12. The molecule has 3 nitrogen and oxygen atoms in total. The van der Waals surface area contributed by atoms with Crippen molar-refractivity contribution in [2.75, 3.05) is 5.73 Å². The summed E-state index contributed by atoms with van der Waals surface area (Å²) in [7, 11) is 0. The van der Waals surface area contributed by atoms with Gasteiger partial charge in [-0.2, -0.15) is 0 Å². The van der Waals surface area contributed by atoms with Crippen LogP contribution in [0, 0.1) is 19.8 Å². The molecule has 1 atom stereocenters. The number of hydrogen-bond acceptors (Lipinski definition) is 2. The normalized spacial score (nSPS) is 12.5. The molecule has 0 bridgehead atoms. The Morgan fingerprint density at radius 2 is 1.87 bits per heavy atom. The van der Waals surface area contributed by atoms with Gasteiger partial charge in [0.25, 0.3) is 0 Å². The number of carboxylic acids is 1. The minimum absolute atomic E-state index is 0.354. The van der Waals surface area contributed by atoms with Crippen molar-refractivity contribution in [3.63, 3.8) is 0 Å². The molecule has 0 saturated carbocycles. The van der Waals surface area contributed by atoms with Gasteiger partial charge in [0.1, 0.15) is 0 Å². The van der Waals surface area contributed by atoms with Gasteiger partial charge in [0.2, 0.25) is 0 Å². The Morgan fingerprint density at radius 3 is 2.27 bits per heavy atom. The van der Waals surface area contributed by atoms with Crippen LogP contribution in [0.25, 0.3) is 0 Å². The van der Waals surface area contributed by atoms with Gasteiger partial charge in [-0.3, -0.25) is 4.79 Å². The number of rotatable bonds is 3. The summed E-state index contributed by atoms with van der Waals surface area (Å²) in [4.78, 5) is 10.7. The molecule has 0 amide bonds. The largest absolute Gasteiger partial charge is 0.481 e. The first-order valence-electron chi connectivity index (χ1n) is 5.00. The molecule has 1 rings (SSSR count). The molecule has 0 radical (unpaired) electrons. The van der Waals surface area contributed by atoms with Crippen molar-refractivity contribution in [1.82, 2.24) is 0 Å². The zero-order valence-electron chi connectivity index (χ0n) is 9.37. The maximum atomic E-state index is 10.7. The molecule has 1 aromatic rings. The van der Waals surface area contributed by atoms with Crippen LogP contribution in [0.3, 0.4) is 0 Å². The van der Waals surface area contributed by atoms with E-state index in [1.54, 1.807) is 6.92 Å². The number of nitrogens with two attached hydrogens (primary N) is 1. The fourth-order valence-electron chi connectivity index (χ4n) is 1.62. The average Bonchev–Trinajstić information content (AvgIpc) is 2.13. The molecule has 0 heterocycles. The number of aliphatic carboxylic acids is 1. The highest BCUT2D eigenvalue weighted by molar-refractivity contribution is 5.70. The monoisotopic (exact) mass is 207 g/mol. The van der Waals surface area contributed by atoms with Crippen LogP contribution in [0.5, 0.6) is 0 Å². The molecule has 1 unspecified atom stereocenters. The summed E-state index contributed by atoms with van der Waals surface area (Å²) in [5.41, 5.74) is 9.69. The molecule has 15 heavy (non-hydrogen) atoms. The molecule has 0 spiro atoms. The third-order valence-corrected chi connectivity index (χ3v) is 2.62. The van der Waals surface area contributed by atoms with E-state index in [1.165, 1.54) is 0 Å². The van der Waals surface area contributed by atoms with E-state index in [2.05, 4.69) is 0 Å². The van der Waals surface area contributed by atoms with E-state index in [-0.39, 0.29) is 5.92 Å². The fraction of sp³-hybridized carbons (Fsp3) is 0.417. The van der Waals surface area contributed by atoms with Crippen LogP contribution in [0.15, 0.2) is 12.1 Å². The van der Waals surface area contributed by atoms with Gasteiger partial charge >= 0.3 is 5.97 Å². The van der Waals surface area contributed by atoms with Gasteiger partial charge in [-0.05, 0) is 37.0 Å². The molecule has 0 fully saturated rings. The summed E-state index contributed by atoms with van der Waals surface area (Å²) < 4.78 is 0. The van der Waals surface area contributed by atoms with Crippen LogP contribution in [0.1, 0.15) is 23.6 Å². The molecule has 82 valence electrons. The highest BCUT2D eigenvalue weighted by Gasteiger charge is 2.12. The summed E-state index contributed by atoms with van der Waals surface area (Å²) in [6, 6.07) is 3.92. The molecule has 0 aliphatic carbocycles. The number of carboxylic acid groups (broad SMARTS) is 1. The molecular formula is C12H17NO2. The lowest BCUT2D eigenvalue weighted by Crippen LogP contribution is -2.12. The predicted molar refractivity (Wildman–Crippen MR) is 60.8 cm³/mol. The number of benzene rings is 1. The second-order valence-corrected chi connectivity index (χ2v) is 4.09. The zero-order chi connectivity index (χ0) is 11.6. The van der Waals surface area contributed by atoms with E-state index in [9.17, 15) is 4.79 Å². The summed E-state index contributed by atoms with van der Waals surface area (Å²) in [6.45, 7) is 5.60. The molecule has 3 N–H and O–H groups in total. The molecule has 0 aromatic heterocycles. The second-order valence-electron chi connectivity index (χ2n) is 4.09. The minimum Gasteiger partial charge on any atom is -0.481 e. The molecule has 1 aromatic carbocycles. The molecular weight excluding hydrogens is 190 g/mol. The predicted octanol–water partition coefficient (Wildman–Crippen LogP) is 2.15. The highest BCUT2D eigenvalue weighted by Crippen LogP contribution is 2.20. The Labute approximate surface area is 89.9 Å². The Kier molecular flexibility index (Phi) is 3.35. The van der Waals surface area contributed by atoms with Gasteiger partial charge < -0.3 is 10.8 Å². The maximum Gasteiger partial charge on any atom is 0.306 e. The molecule has 0 aliphatic heterocycles. The Bertz CT molecular complexity index is 362. The maximum absolute atomic E-state index is 10.7. The number of anilines is 1. The van der Waals surface area contributed by atoms with E-state index in [0.717, 1.165) is 22.4 Å². The van der Waals surface area contributed by atoms with Gasteiger partial charge in [0.15, 0.2) is 0 Å². The van der Waals surface area contributed by atoms with Gasteiger partial charge in [-0.25, -0.2) is 0 Å². The smallest absolute Gasteiger partial charge is 0.306 e. The lowest BCUT2D eigenvalue weighted by atomic mass is 9.97. The van der Waals surface area contributed by atoms with Crippen molar-refractivity contribution in [1.29, 1.82) is 0 Å². The number of hydrogen-bond donors (Lipinski definition) is 2. The lowest BCUT2D eigenvalue weighted by molar-refractivity contribution is -0.141. The van der Waals surface area contributed by atoms with Crippen molar-refractivity contribution < 1.29 is 9.90 Å². The second kappa shape index (κ2) is 4.34. The van der Waals surface area contributed by atoms with Crippen LogP contribution < -0.4 is 5.73 Å². The summed E-state index contributed by atoms with van der Waals surface area (Å²) in [6.07, 6.45) is 0.553. The summed E-state index contributed by atoms with van der Waals surface area (Å²) in [5, 5.41) is 8.81. The van der Waals surface area contributed by atoms with E-state index in [1.807, 2.05) is 26.0 Å².